The Balaban J connectivity index is 1.86. The van der Waals surface area contributed by atoms with E-state index in [0.717, 1.165) is 6.42 Å². The van der Waals surface area contributed by atoms with Gasteiger partial charge in [-0.1, -0.05) is 6.92 Å². The summed E-state index contributed by atoms with van der Waals surface area (Å²) in [6.07, 6.45) is 0.902. The molecule has 2 rings (SSSR count). The number of amides is 1. The lowest BCUT2D eigenvalue weighted by Gasteiger charge is -2.11. The van der Waals surface area contributed by atoms with E-state index in [-0.39, 0.29) is 0 Å². The van der Waals surface area contributed by atoms with Crippen LogP contribution < -0.4 is 19.5 Å². The number of anilines is 1. The Hall–Kier alpha value is -3.22. The molecular formula is C20H23NO6. The average Bonchev–Trinajstić information content (AvgIpc) is 2.70. The molecule has 0 aliphatic heterocycles. The number of carbonyl (C=O) groups is 2. The third kappa shape index (κ3) is 5.91. The van der Waals surface area contributed by atoms with Gasteiger partial charge in [-0.25, -0.2) is 4.79 Å². The number of esters is 1. The summed E-state index contributed by atoms with van der Waals surface area (Å²) in [6, 6.07) is 11.5. The van der Waals surface area contributed by atoms with Gasteiger partial charge in [0.2, 0.25) is 0 Å². The lowest BCUT2D eigenvalue weighted by atomic mass is 10.2. The normalized spacial score (nSPS) is 10.0. The molecule has 0 aliphatic carbocycles. The Morgan fingerprint density at radius 2 is 1.67 bits per heavy atom. The van der Waals surface area contributed by atoms with Crippen LogP contribution in [0.25, 0.3) is 0 Å². The van der Waals surface area contributed by atoms with Crippen LogP contribution in [0.1, 0.15) is 23.7 Å². The molecule has 7 nitrogen and oxygen atoms in total. The number of carbonyl (C=O) groups excluding carboxylic acids is 2. The molecular weight excluding hydrogens is 350 g/mol. The molecule has 7 heteroatoms. The fraction of sp³-hybridized carbons (Fsp3) is 0.300. The van der Waals surface area contributed by atoms with Gasteiger partial charge in [0.25, 0.3) is 5.91 Å². The molecule has 2 aromatic rings. The molecule has 1 amide bonds. The van der Waals surface area contributed by atoms with Gasteiger partial charge in [0.1, 0.15) is 5.75 Å². The molecule has 1 N–H and O–H groups in total. The molecule has 0 saturated heterocycles. The van der Waals surface area contributed by atoms with E-state index in [9.17, 15) is 9.59 Å². The van der Waals surface area contributed by atoms with Gasteiger partial charge in [-0.2, -0.15) is 0 Å². The van der Waals surface area contributed by atoms with Crippen LogP contribution in [0.4, 0.5) is 5.69 Å². The summed E-state index contributed by atoms with van der Waals surface area (Å²) in [7, 11) is 3.03. The van der Waals surface area contributed by atoms with E-state index >= 15 is 0 Å². The highest BCUT2D eigenvalue weighted by Gasteiger charge is 2.12. The molecule has 27 heavy (non-hydrogen) atoms. The van der Waals surface area contributed by atoms with Gasteiger partial charge in [0.05, 0.1) is 26.4 Å². The van der Waals surface area contributed by atoms with E-state index in [1.54, 1.807) is 42.5 Å². The van der Waals surface area contributed by atoms with Crippen LogP contribution in [0.5, 0.6) is 17.2 Å². The minimum absolute atomic E-state index is 0.345. The second-order valence-electron chi connectivity index (χ2n) is 5.57. The maximum absolute atomic E-state index is 12.0. The molecule has 0 fully saturated rings. The molecule has 0 saturated carbocycles. The summed E-state index contributed by atoms with van der Waals surface area (Å²) >= 11 is 0. The van der Waals surface area contributed by atoms with Gasteiger partial charge >= 0.3 is 5.97 Å². The van der Waals surface area contributed by atoms with Gasteiger partial charge < -0.3 is 24.3 Å². The van der Waals surface area contributed by atoms with Crippen molar-refractivity contribution in [3.05, 3.63) is 48.0 Å². The molecule has 0 spiro atoms. The first-order chi connectivity index (χ1) is 13.1. The van der Waals surface area contributed by atoms with Crippen molar-refractivity contribution in [2.75, 3.05) is 32.8 Å². The van der Waals surface area contributed by atoms with E-state index in [0.29, 0.717) is 35.1 Å². The number of methoxy groups -OCH3 is 2. The van der Waals surface area contributed by atoms with Crippen molar-refractivity contribution in [3.63, 3.8) is 0 Å². The van der Waals surface area contributed by atoms with Gasteiger partial charge in [0.15, 0.2) is 18.1 Å². The molecule has 0 heterocycles. The minimum Gasteiger partial charge on any atom is -0.494 e. The van der Waals surface area contributed by atoms with Gasteiger partial charge in [-0.05, 0) is 42.8 Å². The third-order valence-electron chi connectivity index (χ3n) is 3.56. The van der Waals surface area contributed by atoms with Gasteiger partial charge in [-0.15, -0.1) is 0 Å². The zero-order valence-electron chi connectivity index (χ0n) is 15.6. The standard InChI is InChI=1S/C20H23NO6/c1-4-11-26-16-8-5-14(6-9-16)20(23)27-13-19(22)21-15-7-10-17(24-2)18(12-15)25-3/h5-10,12H,4,11,13H2,1-3H3,(H,21,22). The quantitative estimate of drug-likeness (QED) is 0.679. The maximum atomic E-state index is 12.0. The van der Waals surface area contributed by atoms with E-state index in [1.165, 1.54) is 14.2 Å². The summed E-state index contributed by atoms with van der Waals surface area (Å²) in [4.78, 5) is 24.0. The Morgan fingerprint density at radius 3 is 2.30 bits per heavy atom. The number of ether oxygens (including phenoxy) is 4. The number of benzene rings is 2. The van der Waals surface area contributed by atoms with Crippen LogP contribution in [-0.4, -0.2) is 39.3 Å². The number of hydrogen-bond donors (Lipinski definition) is 1. The molecule has 0 bridgehead atoms. The highest BCUT2D eigenvalue weighted by Crippen LogP contribution is 2.29. The predicted molar refractivity (Wildman–Crippen MR) is 101 cm³/mol. The summed E-state index contributed by atoms with van der Waals surface area (Å²) in [5.41, 5.74) is 0.851. The summed E-state index contributed by atoms with van der Waals surface area (Å²) in [6.45, 7) is 2.22. The first-order valence-electron chi connectivity index (χ1n) is 8.49. The lowest BCUT2D eigenvalue weighted by Crippen LogP contribution is -2.21. The zero-order chi connectivity index (χ0) is 19.6. The van der Waals surface area contributed by atoms with Crippen molar-refractivity contribution in [2.24, 2.45) is 0 Å². The monoisotopic (exact) mass is 373 g/mol. The Labute approximate surface area is 158 Å². The van der Waals surface area contributed by atoms with E-state index in [4.69, 9.17) is 18.9 Å². The van der Waals surface area contributed by atoms with Crippen molar-refractivity contribution >= 4 is 17.6 Å². The Bertz CT molecular complexity index is 773. The highest BCUT2D eigenvalue weighted by molar-refractivity contribution is 5.95. The third-order valence-corrected chi connectivity index (χ3v) is 3.56. The van der Waals surface area contributed by atoms with E-state index < -0.39 is 18.5 Å². The summed E-state index contributed by atoms with van der Waals surface area (Å²) < 4.78 is 20.8. The molecule has 0 aliphatic rings. The minimum atomic E-state index is -0.584. The smallest absolute Gasteiger partial charge is 0.338 e. The van der Waals surface area contributed by atoms with Crippen molar-refractivity contribution in [1.29, 1.82) is 0 Å². The first-order valence-corrected chi connectivity index (χ1v) is 8.49. The van der Waals surface area contributed by atoms with Crippen LogP contribution in [0.2, 0.25) is 0 Å². The SMILES string of the molecule is CCCOc1ccc(C(=O)OCC(=O)Nc2ccc(OC)c(OC)c2)cc1. The largest absolute Gasteiger partial charge is 0.494 e. The zero-order valence-corrected chi connectivity index (χ0v) is 15.6. The average molecular weight is 373 g/mol. The summed E-state index contributed by atoms with van der Waals surface area (Å²) in [5.74, 6) is 0.670. The van der Waals surface area contributed by atoms with E-state index in [2.05, 4.69) is 5.32 Å². The maximum Gasteiger partial charge on any atom is 0.338 e. The first kappa shape index (κ1) is 20.1. The Morgan fingerprint density at radius 1 is 0.963 bits per heavy atom. The molecule has 0 unspecified atom stereocenters. The van der Waals surface area contributed by atoms with Gasteiger partial charge in [-0.3, -0.25) is 4.79 Å². The fourth-order valence-electron chi connectivity index (χ4n) is 2.23. The molecule has 0 atom stereocenters. The summed E-state index contributed by atoms with van der Waals surface area (Å²) in [5, 5.41) is 2.64. The van der Waals surface area contributed by atoms with Gasteiger partial charge in [0, 0.05) is 11.8 Å². The predicted octanol–water partition coefficient (Wildman–Crippen LogP) is 3.29. The van der Waals surface area contributed by atoms with Crippen LogP contribution in [0, 0.1) is 0 Å². The fourth-order valence-corrected chi connectivity index (χ4v) is 2.23. The van der Waals surface area contributed by atoms with Crippen molar-refractivity contribution in [2.45, 2.75) is 13.3 Å². The topological polar surface area (TPSA) is 83.1 Å². The van der Waals surface area contributed by atoms with Crippen LogP contribution >= 0.6 is 0 Å². The van der Waals surface area contributed by atoms with E-state index in [1.807, 2.05) is 6.92 Å². The van der Waals surface area contributed by atoms with Crippen LogP contribution in [0.15, 0.2) is 42.5 Å². The van der Waals surface area contributed by atoms with Crippen molar-refractivity contribution in [1.82, 2.24) is 0 Å². The molecule has 0 radical (unpaired) electrons. The lowest BCUT2D eigenvalue weighted by molar-refractivity contribution is -0.119. The number of rotatable bonds is 9. The van der Waals surface area contributed by atoms with Crippen LogP contribution in [-0.2, 0) is 9.53 Å². The second kappa shape index (κ2) is 10.1. The van der Waals surface area contributed by atoms with Crippen LogP contribution in [0.3, 0.4) is 0 Å². The number of nitrogens with one attached hydrogen (secondary N) is 1. The van der Waals surface area contributed by atoms with Crippen molar-refractivity contribution in [3.8, 4) is 17.2 Å². The second-order valence-corrected chi connectivity index (χ2v) is 5.57. The Kier molecular flexibility index (Phi) is 7.49. The number of hydrogen-bond acceptors (Lipinski definition) is 6. The highest BCUT2D eigenvalue weighted by atomic mass is 16.5. The molecule has 144 valence electrons. The molecule has 0 aromatic heterocycles. The van der Waals surface area contributed by atoms with Crippen molar-refractivity contribution < 1.29 is 28.5 Å². The molecule has 2 aromatic carbocycles.